The molecule has 0 bridgehead atoms. The van der Waals surface area contributed by atoms with Gasteiger partial charge in [0.2, 0.25) is 0 Å². The lowest BCUT2D eigenvalue weighted by Gasteiger charge is -2.36. The van der Waals surface area contributed by atoms with Crippen LogP contribution in [0.2, 0.25) is 0 Å². The molecule has 0 N–H and O–H groups in total. The summed E-state index contributed by atoms with van der Waals surface area (Å²) < 4.78 is 5.31. The van der Waals surface area contributed by atoms with E-state index in [-0.39, 0.29) is 0 Å². The van der Waals surface area contributed by atoms with Gasteiger partial charge in [-0.1, -0.05) is 17.8 Å². The Hall–Kier alpha value is -1.95. The minimum absolute atomic E-state index is 0.827. The zero-order valence-corrected chi connectivity index (χ0v) is 13.7. The number of hydrogen-bond donors (Lipinski definition) is 0. The van der Waals surface area contributed by atoms with Crippen LogP contribution in [0.3, 0.4) is 0 Å². The van der Waals surface area contributed by atoms with Crippen molar-refractivity contribution in [2.75, 3.05) is 49.3 Å². The topological polar surface area (TPSA) is 41.5 Å². The first kappa shape index (κ1) is 15.0. The van der Waals surface area contributed by atoms with Crippen LogP contribution in [0.25, 0.3) is 0 Å². The fourth-order valence-electron chi connectivity index (χ4n) is 2.61. The van der Waals surface area contributed by atoms with Gasteiger partial charge >= 0.3 is 0 Å². The maximum Gasteiger partial charge on any atom is 0.189 e. The standard InChI is InChI=1S/C16H20N4OS/c1-21-14-5-3-4-13(12-14)19-8-10-20(11-9-19)15-6-7-17-16(18-15)22-2/h3-7,12H,8-11H2,1-2H3. The second-order valence-corrected chi connectivity index (χ2v) is 5.85. The molecule has 0 aliphatic carbocycles. The lowest BCUT2D eigenvalue weighted by molar-refractivity contribution is 0.414. The lowest BCUT2D eigenvalue weighted by atomic mass is 10.2. The van der Waals surface area contributed by atoms with Gasteiger partial charge in [-0.2, -0.15) is 0 Å². The van der Waals surface area contributed by atoms with Crippen molar-refractivity contribution in [1.82, 2.24) is 9.97 Å². The lowest BCUT2D eigenvalue weighted by Crippen LogP contribution is -2.46. The molecule has 1 aromatic carbocycles. The van der Waals surface area contributed by atoms with Crippen molar-refractivity contribution >= 4 is 23.3 Å². The van der Waals surface area contributed by atoms with Crippen LogP contribution < -0.4 is 14.5 Å². The zero-order chi connectivity index (χ0) is 15.4. The van der Waals surface area contributed by atoms with E-state index in [2.05, 4.69) is 31.9 Å². The predicted octanol–water partition coefficient (Wildman–Crippen LogP) is 2.53. The number of thioether (sulfide) groups is 1. The maximum absolute atomic E-state index is 5.31. The molecule has 116 valence electrons. The summed E-state index contributed by atoms with van der Waals surface area (Å²) in [6, 6.07) is 10.2. The second-order valence-electron chi connectivity index (χ2n) is 5.08. The highest BCUT2D eigenvalue weighted by atomic mass is 32.2. The molecule has 0 amide bonds. The van der Waals surface area contributed by atoms with E-state index in [1.165, 1.54) is 5.69 Å². The van der Waals surface area contributed by atoms with E-state index in [1.807, 2.05) is 30.7 Å². The molecule has 2 heterocycles. The molecule has 1 aliphatic rings. The van der Waals surface area contributed by atoms with Gasteiger partial charge in [0.15, 0.2) is 5.16 Å². The fourth-order valence-corrected chi connectivity index (χ4v) is 2.96. The van der Waals surface area contributed by atoms with Gasteiger partial charge in [0, 0.05) is 44.1 Å². The molecule has 1 saturated heterocycles. The van der Waals surface area contributed by atoms with Gasteiger partial charge in [-0.3, -0.25) is 0 Å². The first-order valence-corrected chi connectivity index (χ1v) is 8.53. The first-order valence-electron chi connectivity index (χ1n) is 7.31. The monoisotopic (exact) mass is 316 g/mol. The molecular weight excluding hydrogens is 296 g/mol. The second kappa shape index (κ2) is 6.87. The quantitative estimate of drug-likeness (QED) is 0.638. The number of methoxy groups -OCH3 is 1. The summed E-state index contributed by atoms with van der Waals surface area (Å²) in [5.41, 5.74) is 1.21. The summed E-state index contributed by atoms with van der Waals surface area (Å²) >= 11 is 1.58. The van der Waals surface area contributed by atoms with Gasteiger partial charge < -0.3 is 14.5 Å². The predicted molar refractivity (Wildman–Crippen MR) is 91.2 cm³/mol. The molecule has 3 rings (SSSR count). The number of rotatable bonds is 4. The van der Waals surface area contributed by atoms with Crippen molar-refractivity contribution in [2.45, 2.75) is 5.16 Å². The highest BCUT2D eigenvalue weighted by Crippen LogP contribution is 2.23. The van der Waals surface area contributed by atoms with Crippen molar-refractivity contribution in [1.29, 1.82) is 0 Å². The van der Waals surface area contributed by atoms with E-state index in [4.69, 9.17) is 4.74 Å². The van der Waals surface area contributed by atoms with Gasteiger partial charge in [0.05, 0.1) is 7.11 Å². The maximum atomic E-state index is 5.31. The Kier molecular flexibility index (Phi) is 4.68. The van der Waals surface area contributed by atoms with Crippen LogP contribution in [0.15, 0.2) is 41.7 Å². The molecule has 0 atom stereocenters. The third-order valence-electron chi connectivity index (χ3n) is 3.82. The van der Waals surface area contributed by atoms with Crippen LogP contribution >= 0.6 is 11.8 Å². The summed E-state index contributed by atoms with van der Waals surface area (Å²) in [5, 5.41) is 0.827. The SMILES string of the molecule is COc1cccc(N2CCN(c3ccnc(SC)n3)CC2)c1. The van der Waals surface area contributed by atoms with E-state index in [0.717, 1.165) is 42.9 Å². The molecule has 6 heteroatoms. The third kappa shape index (κ3) is 3.27. The Bertz CT molecular complexity index is 574. The smallest absolute Gasteiger partial charge is 0.189 e. The number of ether oxygens (including phenoxy) is 1. The van der Waals surface area contributed by atoms with E-state index < -0.39 is 0 Å². The largest absolute Gasteiger partial charge is 0.497 e. The summed E-state index contributed by atoms with van der Waals surface area (Å²) in [5.74, 6) is 1.92. The Morgan fingerprint density at radius 3 is 2.59 bits per heavy atom. The molecule has 5 nitrogen and oxygen atoms in total. The molecule has 1 aromatic heterocycles. The fraction of sp³-hybridized carbons (Fsp3) is 0.375. The molecule has 0 radical (unpaired) electrons. The van der Waals surface area contributed by atoms with E-state index >= 15 is 0 Å². The first-order chi connectivity index (χ1) is 10.8. The van der Waals surface area contributed by atoms with Crippen molar-refractivity contribution in [3.8, 4) is 5.75 Å². The Morgan fingerprint density at radius 2 is 1.86 bits per heavy atom. The number of piperazine rings is 1. The highest BCUT2D eigenvalue weighted by molar-refractivity contribution is 7.98. The van der Waals surface area contributed by atoms with Crippen LogP contribution in [-0.4, -0.2) is 49.5 Å². The van der Waals surface area contributed by atoms with E-state index in [1.54, 1.807) is 18.9 Å². The molecule has 1 fully saturated rings. The van der Waals surface area contributed by atoms with Gasteiger partial charge in [-0.15, -0.1) is 0 Å². The van der Waals surface area contributed by atoms with Gasteiger partial charge in [-0.25, -0.2) is 9.97 Å². The number of anilines is 2. The van der Waals surface area contributed by atoms with Crippen LogP contribution in [0.4, 0.5) is 11.5 Å². The molecule has 0 saturated carbocycles. The summed E-state index contributed by atoms with van der Waals surface area (Å²) in [4.78, 5) is 13.5. The van der Waals surface area contributed by atoms with E-state index in [0.29, 0.717) is 0 Å². The summed E-state index contributed by atoms with van der Waals surface area (Å²) in [7, 11) is 1.70. The average Bonchev–Trinajstić information content (AvgIpc) is 2.62. The number of benzene rings is 1. The van der Waals surface area contributed by atoms with Gasteiger partial charge in [-0.05, 0) is 24.5 Å². The van der Waals surface area contributed by atoms with Crippen molar-refractivity contribution in [2.24, 2.45) is 0 Å². The minimum atomic E-state index is 0.827. The van der Waals surface area contributed by atoms with E-state index in [9.17, 15) is 0 Å². The molecule has 22 heavy (non-hydrogen) atoms. The van der Waals surface area contributed by atoms with Crippen LogP contribution in [0.1, 0.15) is 0 Å². The van der Waals surface area contributed by atoms with Crippen molar-refractivity contribution in [3.05, 3.63) is 36.5 Å². The Labute approximate surface area is 135 Å². The third-order valence-corrected chi connectivity index (χ3v) is 4.39. The highest BCUT2D eigenvalue weighted by Gasteiger charge is 2.19. The van der Waals surface area contributed by atoms with Crippen LogP contribution in [0.5, 0.6) is 5.75 Å². The molecule has 2 aromatic rings. The average molecular weight is 316 g/mol. The number of aromatic nitrogens is 2. The number of nitrogens with zero attached hydrogens (tertiary/aromatic N) is 4. The summed E-state index contributed by atoms with van der Waals surface area (Å²) in [6.45, 7) is 3.88. The molecule has 0 spiro atoms. The molecule has 1 aliphatic heterocycles. The Morgan fingerprint density at radius 1 is 1.09 bits per heavy atom. The van der Waals surface area contributed by atoms with Crippen molar-refractivity contribution < 1.29 is 4.74 Å². The minimum Gasteiger partial charge on any atom is -0.497 e. The van der Waals surface area contributed by atoms with Crippen LogP contribution in [0, 0.1) is 0 Å². The van der Waals surface area contributed by atoms with Gasteiger partial charge in [0.25, 0.3) is 0 Å². The molecule has 0 unspecified atom stereocenters. The molecular formula is C16H20N4OS. The Balaban J connectivity index is 1.66. The van der Waals surface area contributed by atoms with Crippen molar-refractivity contribution in [3.63, 3.8) is 0 Å². The van der Waals surface area contributed by atoms with Gasteiger partial charge in [0.1, 0.15) is 11.6 Å². The summed E-state index contributed by atoms with van der Waals surface area (Å²) in [6.07, 6.45) is 3.84. The van der Waals surface area contributed by atoms with Crippen LogP contribution in [-0.2, 0) is 0 Å². The normalized spacial score (nSPS) is 15.0. The number of hydrogen-bond acceptors (Lipinski definition) is 6. The zero-order valence-electron chi connectivity index (χ0n) is 12.9.